The third-order valence-corrected chi connectivity index (χ3v) is 3.73. The van der Waals surface area contributed by atoms with E-state index in [4.69, 9.17) is 23.2 Å². The van der Waals surface area contributed by atoms with Crippen LogP contribution in [0.3, 0.4) is 0 Å². The molecule has 2 unspecified atom stereocenters. The van der Waals surface area contributed by atoms with E-state index in [0.29, 0.717) is 6.04 Å². The van der Waals surface area contributed by atoms with Gasteiger partial charge in [-0.05, 0) is 37.0 Å². The van der Waals surface area contributed by atoms with Crippen LogP contribution in [-0.2, 0) is 0 Å². The second-order valence-electron chi connectivity index (χ2n) is 4.62. The highest BCUT2D eigenvalue weighted by Crippen LogP contribution is 2.27. The molecular weight excluding hydrogens is 253 g/mol. The van der Waals surface area contributed by atoms with Gasteiger partial charge in [-0.15, -0.1) is 0 Å². The molecule has 0 radical (unpaired) electrons. The Kier molecular flexibility index (Phi) is 6.15. The standard InChI is InChI=1S/C14H21Cl2N/c1-4-10(3)8-12(5-2)17-14-9-11(15)6-7-13(14)16/h6-7,9-10,12,17H,4-5,8H2,1-3H3. The Labute approximate surface area is 115 Å². The topological polar surface area (TPSA) is 12.0 Å². The summed E-state index contributed by atoms with van der Waals surface area (Å²) in [6, 6.07) is 6.00. The number of hydrogen-bond acceptors (Lipinski definition) is 1. The largest absolute Gasteiger partial charge is 0.381 e. The number of halogens is 2. The first-order valence-corrected chi connectivity index (χ1v) is 7.04. The number of rotatable bonds is 6. The minimum absolute atomic E-state index is 0.459. The minimum Gasteiger partial charge on any atom is -0.381 e. The maximum Gasteiger partial charge on any atom is 0.0638 e. The molecule has 0 saturated carbocycles. The van der Waals surface area contributed by atoms with Crippen LogP contribution in [0.15, 0.2) is 18.2 Å². The quantitative estimate of drug-likeness (QED) is 0.709. The maximum absolute atomic E-state index is 6.15. The molecule has 96 valence electrons. The zero-order valence-electron chi connectivity index (χ0n) is 10.8. The van der Waals surface area contributed by atoms with Crippen molar-refractivity contribution in [2.45, 2.75) is 46.1 Å². The highest BCUT2D eigenvalue weighted by atomic mass is 35.5. The molecule has 1 aromatic rings. The third-order valence-electron chi connectivity index (χ3n) is 3.16. The Morgan fingerprint density at radius 3 is 2.47 bits per heavy atom. The van der Waals surface area contributed by atoms with Gasteiger partial charge in [-0.1, -0.05) is 50.4 Å². The molecule has 0 heterocycles. The van der Waals surface area contributed by atoms with Crippen LogP contribution in [-0.4, -0.2) is 6.04 Å². The van der Waals surface area contributed by atoms with Gasteiger partial charge in [0.1, 0.15) is 0 Å². The van der Waals surface area contributed by atoms with Gasteiger partial charge in [0.2, 0.25) is 0 Å². The van der Waals surface area contributed by atoms with Crippen molar-refractivity contribution in [1.82, 2.24) is 0 Å². The van der Waals surface area contributed by atoms with Gasteiger partial charge in [0.05, 0.1) is 10.7 Å². The first kappa shape index (κ1) is 14.7. The van der Waals surface area contributed by atoms with Gasteiger partial charge in [0.15, 0.2) is 0 Å². The molecule has 0 fully saturated rings. The molecule has 2 atom stereocenters. The van der Waals surface area contributed by atoms with Crippen molar-refractivity contribution in [3.63, 3.8) is 0 Å². The zero-order valence-corrected chi connectivity index (χ0v) is 12.3. The van der Waals surface area contributed by atoms with E-state index < -0.39 is 0 Å². The van der Waals surface area contributed by atoms with Gasteiger partial charge in [-0.3, -0.25) is 0 Å². The molecule has 17 heavy (non-hydrogen) atoms. The lowest BCUT2D eigenvalue weighted by atomic mass is 9.97. The summed E-state index contributed by atoms with van der Waals surface area (Å²) in [5.74, 6) is 0.727. The average molecular weight is 274 g/mol. The molecule has 1 aromatic carbocycles. The van der Waals surface area contributed by atoms with Crippen molar-refractivity contribution in [2.24, 2.45) is 5.92 Å². The Bertz CT molecular complexity index is 352. The van der Waals surface area contributed by atoms with Crippen LogP contribution in [0.1, 0.15) is 40.0 Å². The molecule has 0 spiro atoms. The van der Waals surface area contributed by atoms with Crippen LogP contribution in [0, 0.1) is 5.92 Å². The van der Waals surface area contributed by atoms with Crippen LogP contribution in [0.4, 0.5) is 5.69 Å². The van der Waals surface area contributed by atoms with Crippen molar-refractivity contribution in [2.75, 3.05) is 5.32 Å². The Morgan fingerprint density at radius 2 is 1.88 bits per heavy atom. The summed E-state index contributed by atoms with van der Waals surface area (Å²) in [7, 11) is 0. The lowest BCUT2D eigenvalue weighted by Crippen LogP contribution is -2.21. The van der Waals surface area contributed by atoms with Crippen molar-refractivity contribution in [1.29, 1.82) is 0 Å². The molecule has 0 aliphatic rings. The fourth-order valence-corrected chi connectivity index (χ4v) is 2.15. The van der Waals surface area contributed by atoms with Crippen LogP contribution >= 0.6 is 23.2 Å². The molecule has 1 nitrogen and oxygen atoms in total. The summed E-state index contributed by atoms with van der Waals surface area (Å²) < 4.78 is 0. The van der Waals surface area contributed by atoms with Gasteiger partial charge < -0.3 is 5.32 Å². The van der Waals surface area contributed by atoms with E-state index in [1.54, 1.807) is 0 Å². The second kappa shape index (κ2) is 7.13. The molecule has 0 amide bonds. The van der Waals surface area contributed by atoms with Crippen LogP contribution in [0.25, 0.3) is 0 Å². The van der Waals surface area contributed by atoms with Crippen LogP contribution in [0.2, 0.25) is 10.0 Å². The molecule has 0 aliphatic heterocycles. The Balaban J connectivity index is 2.69. The first-order chi connectivity index (χ1) is 8.06. The summed E-state index contributed by atoms with van der Waals surface area (Å²) in [5, 5.41) is 4.94. The molecule has 0 bridgehead atoms. The van der Waals surface area contributed by atoms with Crippen molar-refractivity contribution < 1.29 is 0 Å². The first-order valence-electron chi connectivity index (χ1n) is 6.28. The van der Waals surface area contributed by atoms with Crippen molar-refractivity contribution in [3.8, 4) is 0 Å². The van der Waals surface area contributed by atoms with Gasteiger partial charge in [0, 0.05) is 11.1 Å². The van der Waals surface area contributed by atoms with E-state index in [0.717, 1.165) is 34.5 Å². The Hall–Kier alpha value is -0.400. The van der Waals surface area contributed by atoms with Gasteiger partial charge in [-0.2, -0.15) is 0 Å². The summed E-state index contributed by atoms with van der Waals surface area (Å²) in [6.07, 6.45) is 3.46. The van der Waals surface area contributed by atoms with Gasteiger partial charge in [0.25, 0.3) is 0 Å². The fourth-order valence-electron chi connectivity index (χ4n) is 1.81. The fraction of sp³-hybridized carbons (Fsp3) is 0.571. The van der Waals surface area contributed by atoms with E-state index in [1.165, 1.54) is 6.42 Å². The molecule has 0 aromatic heterocycles. The Morgan fingerprint density at radius 1 is 1.18 bits per heavy atom. The van der Waals surface area contributed by atoms with Crippen LogP contribution in [0.5, 0.6) is 0 Å². The SMILES string of the molecule is CCC(C)CC(CC)Nc1cc(Cl)ccc1Cl. The molecule has 3 heteroatoms. The summed E-state index contributed by atoms with van der Waals surface area (Å²) in [5.41, 5.74) is 0.939. The van der Waals surface area contributed by atoms with Crippen molar-refractivity contribution in [3.05, 3.63) is 28.2 Å². The van der Waals surface area contributed by atoms with E-state index in [9.17, 15) is 0 Å². The average Bonchev–Trinajstić information content (AvgIpc) is 2.32. The predicted octanol–water partition coefficient (Wildman–Crippen LogP) is 5.62. The highest BCUT2D eigenvalue weighted by molar-refractivity contribution is 6.35. The lowest BCUT2D eigenvalue weighted by Gasteiger charge is -2.22. The number of benzene rings is 1. The van der Waals surface area contributed by atoms with Crippen LogP contribution < -0.4 is 5.32 Å². The minimum atomic E-state index is 0.459. The number of anilines is 1. The monoisotopic (exact) mass is 273 g/mol. The number of hydrogen-bond donors (Lipinski definition) is 1. The van der Waals surface area contributed by atoms with Crippen molar-refractivity contribution >= 4 is 28.9 Å². The third kappa shape index (κ3) is 4.77. The molecule has 1 N–H and O–H groups in total. The molecular formula is C14H21Cl2N. The molecule has 0 saturated heterocycles. The van der Waals surface area contributed by atoms with E-state index in [2.05, 4.69) is 26.1 Å². The van der Waals surface area contributed by atoms with Gasteiger partial charge in [-0.25, -0.2) is 0 Å². The van der Waals surface area contributed by atoms with Gasteiger partial charge >= 0.3 is 0 Å². The highest BCUT2D eigenvalue weighted by Gasteiger charge is 2.12. The molecule has 1 rings (SSSR count). The van der Waals surface area contributed by atoms with E-state index >= 15 is 0 Å². The second-order valence-corrected chi connectivity index (χ2v) is 5.47. The predicted molar refractivity (Wildman–Crippen MR) is 78.2 cm³/mol. The summed E-state index contributed by atoms with van der Waals surface area (Å²) in [4.78, 5) is 0. The zero-order chi connectivity index (χ0) is 12.8. The smallest absolute Gasteiger partial charge is 0.0638 e. The van der Waals surface area contributed by atoms with E-state index in [1.807, 2.05) is 18.2 Å². The summed E-state index contributed by atoms with van der Waals surface area (Å²) >= 11 is 12.1. The maximum atomic E-state index is 6.15. The molecule has 0 aliphatic carbocycles. The lowest BCUT2D eigenvalue weighted by molar-refractivity contribution is 0.462. The van der Waals surface area contributed by atoms with E-state index in [-0.39, 0.29) is 0 Å². The number of nitrogens with one attached hydrogen (secondary N) is 1. The normalized spacial score (nSPS) is 14.4. The summed E-state index contributed by atoms with van der Waals surface area (Å²) in [6.45, 7) is 6.70.